The van der Waals surface area contributed by atoms with Crippen molar-refractivity contribution in [3.63, 3.8) is 0 Å². The number of hydrogen-bond acceptors (Lipinski definition) is 3. The van der Waals surface area contributed by atoms with Gasteiger partial charge in [0, 0.05) is 17.3 Å². The van der Waals surface area contributed by atoms with E-state index in [1.165, 1.54) is 0 Å². The molecule has 2 amide bonds. The standard InChI is InChI=1S/C19H19ClN2O3/c20-15-8-6-14(7-9-15)10-18(23)21-11-17-12-22(19(24)13-25-17)16-4-2-1-3-5-16/h1-9,17H,10-13H2,(H,21,23). The zero-order valence-corrected chi connectivity index (χ0v) is 14.4. The number of ether oxygens (including phenoxy) is 1. The number of amides is 2. The van der Waals surface area contributed by atoms with Crippen LogP contribution in [0.1, 0.15) is 5.56 Å². The Kier molecular flexibility index (Phi) is 5.68. The predicted octanol–water partition coefficient (Wildman–Crippen LogP) is 2.43. The summed E-state index contributed by atoms with van der Waals surface area (Å²) in [5, 5.41) is 3.51. The molecule has 25 heavy (non-hydrogen) atoms. The summed E-state index contributed by atoms with van der Waals surface area (Å²) < 4.78 is 5.53. The van der Waals surface area contributed by atoms with Crippen LogP contribution < -0.4 is 10.2 Å². The summed E-state index contributed by atoms with van der Waals surface area (Å²) in [5.74, 6) is -0.163. The van der Waals surface area contributed by atoms with Crippen molar-refractivity contribution in [1.82, 2.24) is 5.32 Å². The number of anilines is 1. The minimum Gasteiger partial charge on any atom is -0.365 e. The van der Waals surface area contributed by atoms with Crippen molar-refractivity contribution in [3.05, 3.63) is 65.2 Å². The molecule has 3 rings (SSSR count). The summed E-state index contributed by atoms with van der Waals surface area (Å²) in [4.78, 5) is 25.8. The molecule has 0 saturated carbocycles. The van der Waals surface area contributed by atoms with Crippen molar-refractivity contribution in [1.29, 1.82) is 0 Å². The van der Waals surface area contributed by atoms with Gasteiger partial charge in [0.2, 0.25) is 5.91 Å². The van der Waals surface area contributed by atoms with Gasteiger partial charge in [0.1, 0.15) is 6.61 Å². The summed E-state index contributed by atoms with van der Waals surface area (Å²) >= 11 is 5.84. The number of carbonyl (C=O) groups is 2. The van der Waals surface area contributed by atoms with Crippen LogP contribution in [0.25, 0.3) is 0 Å². The van der Waals surface area contributed by atoms with Crippen molar-refractivity contribution in [3.8, 4) is 0 Å². The van der Waals surface area contributed by atoms with Crippen LogP contribution in [0.3, 0.4) is 0 Å². The molecule has 1 N–H and O–H groups in total. The molecule has 1 aliphatic heterocycles. The van der Waals surface area contributed by atoms with Crippen molar-refractivity contribution in [2.45, 2.75) is 12.5 Å². The molecule has 2 aromatic rings. The Morgan fingerprint density at radius 2 is 1.88 bits per heavy atom. The molecule has 1 fully saturated rings. The highest BCUT2D eigenvalue weighted by atomic mass is 35.5. The first-order valence-corrected chi connectivity index (χ1v) is 8.48. The average molecular weight is 359 g/mol. The molecule has 1 unspecified atom stereocenters. The van der Waals surface area contributed by atoms with Gasteiger partial charge >= 0.3 is 0 Å². The molecule has 0 spiro atoms. The fourth-order valence-corrected chi connectivity index (χ4v) is 2.81. The maximum absolute atomic E-state index is 12.1. The molecule has 5 nitrogen and oxygen atoms in total. The molecule has 2 aromatic carbocycles. The van der Waals surface area contributed by atoms with Gasteiger partial charge in [-0.15, -0.1) is 0 Å². The minimum atomic E-state index is -0.230. The molecule has 0 bridgehead atoms. The van der Waals surface area contributed by atoms with Gasteiger partial charge in [-0.3, -0.25) is 9.59 Å². The van der Waals surface area contributed by atoms with E-state index in [4.69, 9.17) is 16.3 Å². The van der Waals surface area contributed by atoms with Crippen LogP contribution in [-0.2, 0) is 20.7 Å². The van der Waals surface area contributed by atoms with E-state index in [-0.39, 0.29) is 30.9 Å². The third-order valence-electron chi connectivity index (χ3n) is 4.00. The van der Waals surface area contributed by atoms with Crippen LogP contribution in [0.5, 0.6) is 0 Å². The molecule has 1 heterocycles. The number of para-hydroxylation sites is 1. The normalized spacial score (nSPS) is 17.4. The number of hydrogen-bond donors (Lipinski definition) is 1. The van der Waals surface area contributed by atoms with E-state index < -0.39 is 0 Å². The van der Waals surface area contributed by atoms with Crippen LogP contribution in [0, 0.1) is 0 Å². The Bertz CT molecular complexity index is 734. The maximum atomic E-state index is 12.1. The fourth-order valence-electron chi connectivity index (χ4n) is 2.68. The summed E-state index contributed by atoms with van der Waals surface area (Å²) in [6, 6.07) is 16.6. The summed E-state index contributed by atoms with van der Waals surface area (Å²) in [6.45, 7) is 0.805. The molecule has 0 radical (unpaired) electrons. The van der Waals surface area contributed by atoms with Crippen LogP contribution in [0.2, 0.25) is 5.02 Å². The highest BCUT2D eigenvalue weighted by Gasteiger charge is 2.27. The zero-order valence-electron chi connectivity index (χ0n) is 13.7. The van der Waals surface area contributed by atoms with Crippen LogP contribution in [0.4, 0.5) is 5.69 Å². The van der Waals surface area contributed by atoms with E-state index in [0.29, 0.717) is 18.1 Å². The molecular formula is C19H19ClN2O3. The molecule has 130 valence electrons. The Balaban J connectivity index is 1.52. The van der Waals surface area contributed by atoms with Gasteiger partial charge < -0.3 is 15.0 Å². The number of halogens is 1. The first kappa shape index (κ1) is 17.5. The van der Waals surface area contributed by atoms with Crippen molar-refractivity contribution < 1.29 is 14.3 Å². The monoisotopic (exact) mass is 358 g/mol. The largest absolute Gasteiger partial charge is 0.365 e. The lowest BCUT2D eigenvalue weighted by molar-refractivity contribution is -0.129. The van der Waals surface area contributed by atoms with E-state index in [1.54, 1.807) is 17.0 Å². The predicted molar refractivity (Wildman–Crippen MR) is 96.7 cm³/mol. The van der Waals surface area contributed by atoms with Crippen molar-refractivity contribution in [2.75, 3.05) is 24.6 Å². The molecule has 1 saturated heterocycles. The number of nitrogens with zero attached hydrogens (tertiary/aromatic N) is 1. The SMILES string of the molecule is O=C(Cc1ccc(Cl)cc1)NCC1CN(c2ccccc2)C(=O)CO1. The molecule has 6 heteroatoms. The molecule has 0 aromatic heterocycles. The lowest BCUT2D eigenvalue weighted by atomic mass is 10.1. The van der Waals surface area contributed by atoms with Crippen molar-refractivity contribution in [2.24, 2.45) is 0 Å². The second-order valence-corrected chi connectivity index (χ2v) is 6.32. The third-order valence-corrected chi connectivity index (χ3v) is 4.25. The van der Waals surface area contributed by atoms with Crippen LogP contribution in [0.15, 0.2) is 54.6 Å². The number of benzene rings is 2. The second-order valence-electron chi connectivity index (χ2n) is 5.88. The van der Waals surface area contributed by atoms with E-state index in [0.717, 1.165) is 11.3 Å². The lowest BCUT2D eigenvalue weighted by Crippen LogP contribution is -2.50. The Labute approximate surface area is 151 Å². The van der Waals surface area contributed by atoms with Gasteiger partial charge in [0.15, 0.2) is 0 Å². The van der Waals surface area contributed by atoms with Crippen LogP contribution in [-0.4, -0.2) is 37.6 Å². The molecule has 1 aliphatic rings. The van der Waals surface area contributed by atoms with Crippen molar-refractivity contribution >= 4 is 29.1 Å². The third kappa shape index (κ3) is 4.81. The van der Waals surface area contributed by atoms with E-state index in [9.17, 15) is 9.59 Å². The van der Waals surface area contributed by atoms with E-state index >= 15 is 0 Å². The molecule has 1 atom stereocenters. The Morgan fingerprint density at radius 1 is 1.16 bits per heavy atom. The maximum Gasteiger partial charge on any atom is 0.253 e. The summed E-state index contributed by atoms with van der Waals surface area (Å²) in [7, 11) is 0. The van der Waals surface area contributed by atoms with E-state index in [1.807, 2.05) is 42.5 Å². The molecular weight excluding hydrogens is 340 g/mol. The number of nitrogens with one attached hydrogen (secondary N) is 1. The highest BCUT2D eigenvalue weighted by Crippen LogP contribution is 2.18. The Morgan fingerprint density at radius 3 is 2.60 bits per heavy atom. The minimum absolute atomic E-state index is 0.0205. The second kappa shape index (κ2) is 8.14. The number of rotatable bonds is 5. The zero-order chi connectivity index (χ0) is 17.6. The summed E-state index contributed by atoms with van der Waals surface area (Å²) in [5.41, 5.74) is 1.74. The Hall–Kier alpha value is -2.37. The topological polar surface area (TPSA) is 58.6 Å². The van der Waals surface area contributed by atoms with Gasteiger partial charge in [0.25, 0.3) is 5.91 Å². The van der Waals surface area contributed by atoms with Gasteiger partial charge in [0.05, 0.1) is 19.1 Å². The smallest absolute Gasteiger partial charge is 0.253 e. The summed E-state index contributed by atoms with van der Waals surface area (Å²) in [6.07, 6.45) is 0.0534. The van der Waals surface area contributed by atoms with Crippen LogP contribution >= 0.6 is 11.6 Å². The first-order chi connectivity index (χ1) is 12.1. The van der Waals surface area contributed by atoms with E-state index in [2.05, 4.69) is 5.32 Å². The first-order valence-electron chi connectivity index (χ1n) is 8.10. The van der Waals surface area contributed by atoms with Gasteiger partial charge in [-0.2, -0.15) is 0 Å². The number of carbonyl (C=O) groups excluding carboxylic acids is 2. The molecule has 0 aliphatic carbocycles. The quantitative estimate of drug-likeness (QED) is 0.893. The lowest BCUT2D eigenvalue weighted by Gasteiger charge is -2.32. The highest BCUT2D eigenvalue weighted by molar-refractivity contribution is 6.30. The average Bonchev–Trinajstić information content (AvgIpc) is 2.64. The van der Waals surface area contributed by atoms with Gasteiger partial charge in [-0.1, -0.05) is 41.9 Å². The van der Waals surface area contributed by atoms with Gasteiger partial charge in [-0.05, 0) is 29.8 Å². The fraction of sp³-hybridized carbons (Fsp3) is 0.263. The number of morpholine rings is 1. The van der Waals surface area contributed by atoms with Gasteiger partial charge in [-0.25, -0.2) is 0 Å².